The van der Waals surface area contributed by atoms with Crippen LogP contribution in [-0.4, -0.2) is 63.1 Å². The number of hydrogen-bond donors (Lipinski definition) is 1. The number of aliphatic carboxylic acids is 1. The monoisotopic (exact) mass is 431 g/mol. The maximum absolute atomic E-state index is 12.6. The van der Waals surface area contributed by atoms with Crippen molar-refractivity contribution in [3.05, 3.63) is 40.2 Å². The molecule has 29 heavy (non-hydrogen) atoms. The van der Waals surface area contributed by atoms with Crippen molar-refractivity contribution in [1.29, 1.82) is 0 Å². The van der Waals surface area contributed by atoms with Gasteiger partial charge >= 0.3 is 12.1 Å². The first kappa shape index (κ1) is 21.3. The largest absolute Gasteiger partial charge is 0.490 e. The summed E-state index contributed by atoms with van der Waals surface area (Å²) in [5, 5.41) is 8.97. The number of nitrogens with zero attached hydrogens (tertiary/aromatic N) is 3. The Morgan fingerprint density at radius 2 is 1.97 bits per heavy atom. The predicted molar refractivity (Wildman–Crippen MR) is 97.5 cm³/mol. The van der Waals surface area contributed by atoms with Gasteiger partial charge in [-0.05, 0) is 31.9 Å². The van der Waals surface area contributed by atoms with E-state index in [1.165, 1.54) is 11.3 Å². The molecule has 2 fully saturated rings. The standard InChI is InChI=1S/C16H19N3O2S.C2HF3O2/c1-11-2-3-12(21-11)8-18-6-4-15-14(18)5-7-19(15)16(20)13-9-22-10-17-13;3-2(4,5)1(6)7/h2-3,9-10,14-15H,4-8H2,1H3;(H,6,7)/t14-,15+;/m1./s1. The molecule has 0 aromatic carbocycles. The summed E-state index contributed by atoms with van der Waals surface area (Å²) in [6, 6.07) is 4.84. The number of carbonyl (C=O) groups excluding carboxylic acids is 1. The Labute approximate surface area is 168 Å². The molecule has 0 bridgehead atoms. The third kappa shape index (κ3) is 4.96. The summed E-state index contributed by atoms with van der Waals surface area (Å²) in [6.45, 7) is 4.67. The van der Waals surface area contributed by atoms with E-state index >= 15 is 0 Å². The highest BCUT2D eigenvalue weighted by Gasteiger charge is 2.44. The molecule has 158 valence electrons. The number of carboxylic acids is 1. The number of likely N-dealkylation sites (tertiary alicyclic amines) is 2. The predicted octanol–water partition coefficient (Wildman–Crippen LogP) is 3.17. The average molecular weight is 431 g/mol. The van der Waals surface area contributed by atoms with Crippen LogP contribution in [0.15, 0.2) is 27.4 Å². The number of amides is 1. The highest BCUT2D eigenvalue weighted by molar-refractivity contribution is 7.07. The Morgan fingerprint density at radius 3 is 2.52 bits per heavy atom. The van der Waals surface area contributed by atoms with Crippen LogP contribution < -0.4 is 0 Å². The highest BCUT2D eigenvalue weighted by Crippen LogP contribution is 2.33. The number of aromatic nitrogens is 1. The quantitative estimate of drug-likeness (QED) is 0.804. The van der Waals surface area contributed by atoms with Crippen molar-refractivity contribution in [2.75, 3.05) is 13.1 Å². The lowest BCUT2D eigenvalue weighted by atomic mass is 10.1. The van der Waals surface area contributed by atoms with Crippen molar-refractivity contribution in [3.63, 3.8) is 0 Å². The average Bonchev–Trinajstić information content (AvgIpc) is 3.40. The number of halogens is 3. The molecule has 11 heteroatoms. The molecule has 2 aromatic rings. The molecule has 0 saturated carbocycles. The van der Waals surface area contributed by atoms with Gasteiger partial charge in [0.25, 0.3) is 5.91 Å². The molecular weight excluding hydrogens is 411 g/mol. The van der Waals surface area contributed by atoms with Crippen molar-refractivity contribution >= 4 is 23.2 Å². The molecule has 2 aliphatic heterocycles. The molecule has 2 aliphatic rings. The number of carboxylic acid groups (broad SMARTS) is 1. The van der Waals surface area contributed by atoms with Gasteiger partial charge < -0.3 is 14.4 Å². The van der Waals surface area contributed by atoms with Crippen LogP contribution in [0.4, 0.5) is 13.2 Å². The van der Waals surface area contributed by atoms with Crippen molar-refractivity contribution in [3.8, 4) is 0 Å². The maximum atomic E-state index is 12.6. The number of thiazole rings is 1. The Hall–Kier alpha value is -2.40. The third-order valence-electron chi connectivity index (χ3n) is 5.00. The van der Waals surface area contributed by atoms with Crippen LogP contribution in [-0.2, 0) is 11.3 Å². The molecule has 1 amide bonds. The number of alkyl halides is 3. The molecule has 0 spiro atoms. The minimum atomic E-state index is -5.08. The zero-order chi connectivity index (χ0) is 21.2. The van der Waals surface area contributed by atoms with Gasteiger partial charge in [0, 0.05) is 30.6 Å². The fourth-order valence-electron chi connectivity index (χ4n) is 3.76. The van der Waals surface area contributed by atoms with Gasteiger partial charge in [0.1, 0.15) is 17.2 Å². The molecular formula is C18H20F3N3O4S. The fraction of sp³-hybridized carbons (Fsp3) is 0.500. The zero-order valence-electron chi connectivity index (χ0n) is 15.6. The van der Waals surface area contributed by atoms with E-state index in [9.17, 15) is 18.0 Å². The van der Waals surface area contributed by atoms with Crippen LogP contribution in [0.5, 0.6) is 0 Å². The number of carbonyl (C=O) groups is 2. The van der Waals surface area contributed by atoms with Gasteiger partial charge in [-0.25, -0.2) is 9.78 Å². The molecule has 0 aliphatic carbocycles. The second-order valence-electron chi connectivity index (χ2n) is 6.87. The Morgan fingerprint density at radius 1 is 1.28 bits per heavy atom. The second kappa shape index (κ2) is 8.54. The first-order valence-electron chi connectivity index (χ1n) is 8.95. The van der Waals surface area contributed by atoms with Crippen molar-refractivity contribution < 1.29 is 32.3 Å². The summed E-state index contributed by atoms with van der Waals surface area (Å²) in [7, 11) is 0. The summed E-state index contributed by atoms with van der Waals surface area (Å²) >= 11 is 1.48. The fourth-order valence-corrected chi connectivity index (χ4v) is 4.29. The number of fused-ring (bicyclic) bond motifs is 1. The topological polar surface area (TPSA) is 86.9 Å². The first-order chi connectivity index (χ1) is 13.7. The van der Waals surface area contributed by atoms with Gasteiger partial charge in [-0.15, -0.1) is 11.3 Å². The number of furan rings is 1. The minimum Gasteiger partial charge on any atom is -0.475 e. The van der Waals surface area contributed by atoms with Crippen LogP contribution in [0, 0.1) is 6.92 Å². The zero-order valence-corrected chi connectivity index (χ0v) is 16.4. The van der Waals surface area contributed by atoms with E-state index < -0.39 is 12.1 Å². The van der Waals surface area contributed by atoms with Crippen LogP contribution in [0.25, 0.3) is 0 Å². The molecule has 4 heterocycles. The lowest BCUT2D eigenvalue weighted by Crippen LogP contribution is -2.39. The van der Waals surface area contributed by atoms with E-state index in [0.717, 1.165) is 44.0 Å². The number of aryl methyl sites for hydroxylation is 1. The van der Waals surface area contributed by atoms with Crippen molar-refractivity contribution in [2.24, 2.45) is 0 Å². The van der Waals surface area contributed by atoms with Crippen LogP contribution in [0.1, 0.15) is 34.9 Å². The number of rotatable bonds is 3. The molecule has 0 unspecified atom stereocenters. The molecule has 2 saturated heterocycles. The van der Waals surface area contributed by atoms with Gasteiger partial charge in [0.2, 0.25) is 0 Å². The number of hydrogen-bond acceptors (Lipinski definition) is 6. The first-order valence-corrected chi connectivity index (χ1v) is 9.89. The smallest absolute Gasteiger partial charge is 0.475 e. The highest BCUT2D eigenvalue weighted by atomic mass is 32.1. The molecule has 4 rings (SSSR count). The van der Waals surface area contributed by atoms with Gasteiger partial charge in [-0.1, -0.05) is 0 Å². The Balaban J connectivity index is 0.000000298. The van der Waals surface area contributed by atoms with E-state index in [-0.39, 0.29) is 5.91 Å². The molecule has 0 radical (unpaired) electrons. The molecule has 1 N–H and O–H groups in total. The Bertz CT molecular complexity index is 853. The lowest BCUT2D eigenvalue weighted by molar-refractivity contribution is -0.192. The second-order valence-corrected chi connectivity index (χ2v) is 7.59. The summed E-state index contributed by atoms with van der Waals surface area (Å²) in [6.07, 6.45) is -3.00. The van der Waals surface area contributed by atoms with Gasteiger partial charge in [-0.3, -0.25) is 9.69 Å². The summed E-state index contributed by atoms with van der Waals surface area (Å²) < 4.78 is 37.4. The van der Waals surface area contributed by atoms with Gasteiger partial charge in [0.15, 0.2) is 0 Å². The van der Waals surface area contributed by atoms with E-state index in [2.05, 4.69) is 16.0 Å². The van der Waals surface area contributed by atoms with E-state index in [0.29, 0.717) is 17.8 Å². The van der Waals surface area contributed by atoms with Gasteiger partial charge in [0.05, 0.1) is 12.1 Å². The SMILES string of the molecule is Cc1ccc(CN2CC[C@H]3[C@H]2CCN3C(=O)c2cscn2)o1.O=C(O)C(F)(F)F. The molecule has 7 nitrogen and oxygen atoms in total. The van der Waals surface area contributed by atoms with Crippen molar-refractivity contribution in [1.82, 2.24) is 14.8 Å². The Kier molecular flexibility index (Phi) is 6.27. The summed E-state index contributed by atoms with van der Waals surface area (Å²) in [4.78, 5) is 30.1. The van der Waals surface area contributed by atoms with Crippen LogP contribution >= 0.6 is 11.3 Å². The third-order valence-corrected chi connectivity index (χ3v) is 5.59. The normalized spacial score (nSPS) is 21.6. The van der Waals surface area contributed by atoms with Crippen molar-refractivity contribution in [2.45, 2.75) is 44.6 Å². The van der Waals surface area contributed by atoms with E-state index in [1.54, 1.807) is 5.51 Å². The molecule has 2 aromatic heterocycles. The summed E-state index contributed by atoms with van der Waals surface area (Å²) in [5.41, 5.74) is 2.31. The maximum Gasteiger partial charge on any atom is 0.490 e. The van der Waals surface area contributed by atoms with E-state index in [4.69, 9.17) is 14.3 Å². The lowest BCUT2D eigenvalue weighted by Gasteiger charge is -2.24. The summed E-state index contributed by atoms with van der Waals surface area (Å²) in [5.74, 6) is -0.697. The van der Waals surface area contributed by atoms with Crippen LogP contribution in [0.2, 0.25) is 0 Å². The van der Waals surface area contributed by atoms with Gasteiger partial charge in [-0.2, -0.15) is 13.2 Å². The minimum absolute atomic E-state index is 0.0874. The molecule has 2 atom stereocenters. The van der Waals surface area contributed by atoms with E-state index in [1.807, 2.05) is 23.3 Å². The van der Waals surface area contributed by atoms with Crippen LogP contribution in [0.3, 0.4) is 0 Å².